The van der Waals surface area contributed by atoms with Gasteiger partial charge in [0.15, 0.2) is 17.1 Å². The van der Waals surface area contributed by atoms with Gasteiger partial charge in [0, 0.05) is 6.54 Å². The Labute approximate surface area is 140 Å². The Hall–Kier alpha value is -2.33. The first kappa shape index (κ1) is 18.7. The molecule has 124 valence electrons. The molecule has 0 aliphatic heterocycles. The van der Waals surface area contributed by atoms with Crippen molar-refractivity contribution in [2.45, 2.75) is 6.42 Å². The fraction of sp³-hybridized carbons (Fsp3) is 0.375. The van der Waals surface area contributed by atoms with Gasteiger partial charge in [-0.15, -0.1) is 11.8 Å². The van der Waals surface area contributed by atoms with Crippen molar-refractivity contribution in [3.8, 4) is 17.6 Å². The Morgan fingerprint density at radius 2 is 1.96 bits per heavy atom. The summed E-state index contributed by atoms with van der Waals surface area (Å²) in [7, 11) is 4.43. The molecule has 0 fully saturated rings. The van der Waals surface area contributed by atoms with Gasteiger partial charge in [0.1, 0.15) is 6.07 Å². The van der Waals surface area contributed by atoms with Crippen LogP contribution in [0.15, 0.2) is 28.8 Å². The zero-order valence-electron chi connectivity index (χ0n) is 13.6. The monoisotopic (exact) mass is 336 g/mol. The number of nitriles is 1. The highest BCUT2D eigenvalue weighted by Gasteiger charge is 2.15. The summed E-state index contributed by atoms with van der Waals surface area (Å²) in [4.78, 5) is 11.5. The number of rotatable bonds is 8. The molecule has 6 nitrogen and oxygen atoms in total. The first-order valence-corrected chi connectivity index (χ1v) is 8.05. The van der Waals surface area contributed by atoms with E-state index in [0.29, 0.717) is 29.5 Å². The Morgan fingerprint density at radius 1 is 1.26 bits per heavy atom. The van der Waals surface area contributed by atoms with E-state index in [1.54, 1.807) is 20.5 Å². The SMILES string of the molecule is COC(=O)/C(C#N)=C(\NCCc1ccc(OC)c(OC)c1)SC. The number of nitrogens with zero attached hydrogens (tertiary/aromatic N) is 1. The predicted molar refractivity (Wildman–Crippen MR) is 89.4 cm³/mol. The quantitative estimate of drug-likeness (QED) is 0.442. The molecular formula is C16H20N2O4S. The maximum absolute atomic E-state index is 11.5. The van der Waals surface area contributed by atoms with Crippen LogP contribution in [0.1, 0.15) is 5.56 Å². The first-order valence-electron chi connectivity index (χ1n) is 6.82. The molecule has 23 heavy (non-hydrogen) atoms. The van der Waals surface area contributed by atoms with Crippen LogP contribution in [0.25, 0.3) is 0 Å². The number of esters is 1. The Morgan fingerprint density at radius 3 is 2.48 bits per heavy atom. The van der Waals surface area contributed by atoms with Crippen LogP contribution in [0.4, 0.5) is 0 Å². The Kier molecular flexibility index (Phi) is 7.84. The second-order valence-electron chi connectivity index (χ2n) is 4.38. The molecule has 7 heteroatoms. The van der Waals surface area contributed by atoms with Crippen molar-refractivity contribution in [2.24, 2.45) is 0 Å². The minimum Gasteiger partial charge on any atom is -0.493 e. The van der Waals surface area contributed by atoms with E-state index in [2.05, 4.69) is 10.1 Å². The van der Waals surface area contributed by atoms with Crippen LogP contribution in [0.2, 0.25) is 0 Å². The normalized spacial score (nSPS) is 11.1. The first-order chi connectivity index (χ1) is 11.1. The molecule has 0 saturated carbocycles. The lowest BCUT2D eigenvalue weighted by Crippen LogP contribution is -2.19. The van der Waals surface area contributed by atoms with E-state index in [-0.39, 0.29) is 5.57 Å². The lowest BCUT2D eigenvalue weighted by atomic mass is 10.1. The summed E-state index contributed by atoms with van der Waals surface area (Å²) in [6.45, 7) is 0.563. The molecule has 1 N–H and O–H groups in total. The molecule has 0 aromatic heterocycles. The Balaban J connectivity index is 2.77. The van der Waals surface area contributed by atoms with Crippen LogP contribution < -0.4 is 14.8 Å². The third-order valence-corrected chi connectivity index (χ3v) is 3.84. The largest absolute Gasteiger partial charge is 0.493 e. The van der Waals surface area contributed by atoms with Crippen molar-refractivity contribution in [3.05, 3.63) is 34.4 Å². The summed E-state index contributed by atoms with van der Waals surface area (Å²) in [6, 6.07) is 7.55. The number of benzene rings is 1. The van der Waals surface area contributed by atoms with Gasteiger partial charge in [-0.3, -0.25) is 0 Å². The van der Waals surface area contributed by atoms with Gasteiger partial charge in [-0.05, 0) is 30.4 Å². The van der Waals surface area contributed by atoms with Crippen LogP contribution in [0, 0.1) is 11.3 Å². The molecule has 0 heterocycles. The van der Waals surface area contributed by atoms with E-state index in [1.165, 1.54) is 18.9 Å². The number of hydrogen-bond acceptors (Lipinski definition) is 7. The molecule has 0 aliphatic rings. The van der Waals surface area contributed by atoms with Crippen LogP contribution in [0.3, 0.4) is 0 Å². The molecule has 0 radical (unpaired) electrons. The number of carbonyl (C=O) groups excluding carboxylic acids is 1. The van der Waals surface area contributed by atoms with Gasteiger partial charge in [-0.25, -0.2) is 4.79 Å². The number of hydrogen-bond donors (Lipinski definition) is 1. The van der Waals surface area contributed by atoms with Gasteiger partial charge in [0.05, 0.1) is 26.4 Å². The number of ether oxygens (including phenoxy) is 3. The van der Waals surface area contributed by atoms with Crippen molar-refractivity contribution < 1.29 is 19.0 Å². The minimum atomic E-state index is -0.643. The van der Waals surface area contributed by atoms with Gasteiger partial charge in [0.2, 0.25) is 0 Å². The summed E-state index contributed by atoms with van der Waals surface area (Å²) >= 11 is 1.30. The third kappa shape index (κ3) is 5.11. The lowest BCUT2D eigenvalue weighted by Gasteiger charge is -2.12. The Bertz CT molecular complexity index is 623. The van der Waals surface area contributed by atoms with Crippen LogP contribution in [0.5, 0.6) is 11.5 Å². The van der Waals surface area contributed by atoms with E-state index in [1.807, 2.05) is 24.3 Å². The highest BCUT2D eigenvalue weighted by molar-refractivity contribution is 8.02. The fourth-order valence-corrected chi connectivity index (χ4v) is 2.49. The molecule has 0 unspecified atom stereocenters. The van der Waals surface area contributed by atoms with Gasteiger partial charge in [-0.1, -0.05) is 6.07 Å². The van der Waals surface area contributed by atoms with E-state index >= 15 is 0 Å². The molecular weight excluding hydrogens is 316 g/mol. The molecule has 0 amide bonds. The smallest absolute Gasteiger partial charge is 0.351 e. The molecule has 1 aromatic carbocycles. The molecule has 1 rings (SSSR count). The van der Waals surface area contributed by atoms with Gasteiger partial charge in [0.25, 0.3) is 0 Å². The predicted octanol–water partition coefficient (Wildman–Crippen LogP) is 2.11. The standard InChI is InChI=1S/C16H20N2O4S/c1-20-13-6-5-11(9-14(13)21-2)7-8-18-15(23-4)12(10-17)16(19)22-3/h5-6,9,18H,7-8H2,1-4H3/b15-12+. The second kappa shape index (κ2) is 9.64. The molecule has 0 atom stereocenters. The zero-order valence-corrected chi connectivity index (χ0v) is 14.5. The maximum Gasteiger partial charge on any atom is 0.351 e. The lowest BCUT2D eigenvalue weighted by molar-refractivity contribution is -0.135. The fourth-order valence-electron chi connectivity index (χ4n) is 1.91. The van der Waals surface area contributed by atoms with E-state index in [0.717, 1.165) is 5.56 Å². The number of carbonyl (C=O) groups is 1. The van der Waals surface area contributed by atoms with E-state index in [4.69, 9.17) is 14.7 Å². The molecule has 0 aliphatic carbocycles. The van der Waals surface area contributed by atoms with E-state index in [9.17, 15) is 4.79 Å². The summed E-state index contributed by atoms with van der Waals surface area (Å²) in [5.41, 5.74) is 1.03. The summed E-state index contributed by atoms with van der Waals surface area (Å²) < 4.78 is 15.1. The van der Waals surface area contributed by atoms with Crippen molar-refractivity contribution in [1.29, 1.82) is 5.26 Å². The average molecular weight is 336 g/mol. The maximum atomic E-state index is 11.5. The number of thioether (sulfide) groups is 1. The van der Waals surface area contributed by atoms with E-state index < -0.39 is 5.97 Å². The summed E-state index contributed by atoms with van der Waals surface area (Å²) in [6.07, 6.45) is 2.49. The van der Waals surface area contributed by atoms with Crippen LogP contribution >= 0.6 is 11.8 Å². The highest BCUT2D eigenvalue weighted by atomic mass is 32.2. The number of nitrogens with one attached hydrogen (secondary N) is 1. The van der Waals surface area contributed by atoms with Gasteiger partial charge < -0.3 is 19.5 Å². The topological polar surface area (TPSA) is 80.6 Å². The summed E-state index contributed by atoms with van der Waals surface area (Å²) in [5.74, 6) is 0.694. The van der Waals surface area contributed by atoms with Crippen molar-refractivity contribution in [1.82, 2.24) is 5.32 Å². The van der Waals surface area contributed by atoms with Crippen LogP contribution in [-0.2, 0) is 16.0 Å². The van der Waals surface area contributed by atoms with Crippen molar-refractivity contribution in [2.75, 3.05) is 34.1 Å². The summed E-state index contributed by atoms with van der Waals surface area (Å²) in [5, 5.41) is 12.7. The molecule has 0 saturated heterocycles. The van der Waals surface area contributed by atoms with Gasteiger partial charge in [-0.2, -0.15) is 5.26 Å². The number of methoxy groups -OCH3 is 3. The third-order valence-electron chi connectivity index (χ3n) is 3.08. The highest BCUT2D eigenvalue weighted by Crippen LogP contribution is 2.27. The van der Waals surface area contributed by atoms with Crippen LogP contribution in [-0.4, -0.2) is 40.1 Å². The zero-order chi connectivity index (χ0) is 17.2. The second-order valence-corrected chi connectivity index (χ2v) is 5.19. The van der Waals surface area contributed by atoms with Gasteiger partial charge >= 0.3 is 5.97 Å². The average Bonchev–Trinajstić information content (AvgIpc) is 2.60. The molecule has 0 spiro atoms. The van der Waals surface area contributed by atoms with Crippen molar-refractivity contribution in [3.63, 3.8) is 0 Å². The molecule has 0 bridgehead atoms. The van der Waals surface area contributed by atoms with Crippen molar-refractivity contribution >= 4 is 17.7 Å². The minimum absolute atomic E-state index is 0.0210. The molecule has 1 aromatic rings.